The number of aryl methyl sites for hydroxylation is 1. The Balaban J connectivity index is 1.72. The molecule has 0 saturated carbocycles. The van der Waals surface area contributed by atoms with Crippen molar-refractivity contribution in [2.75, 3.05) is 13.1 Å². The van der Waals surface area contributed by atoms with Crippen molar-refractivity contribution in [3.05, 3.63) is 65.2 Å². The van der Waals surface area contributed by atoms with Crippen LogP contribution in [-0.4, -0.2) is 39.9 Å². The predicted octanol–water partition coefficient (Wildman–Crippen LogP) is 3.71. The zero-order valence-corrected chi connectivity index (χ0v) is 15.7. The number of aromatic hydroxyl groups is 1. The first-order valence-corrected chi connectivity index (χ1v) is 9.41. The van der Waals surface area contributed by atoms with Crippen LogP contribution in [0.4, 0.5) is 0 Å². The molecule has 3 rings (SSSR count). The van der Waals surface area contributed by atoms with Gasteiger partial charge in [0.1, 0.15) is 5.75 Å². The Bertz CT molecular complexity index is 745. The van der Waals surface area contributed by atoms with Gasteiger partial charge in [0, 0.05) is 38.6 Å². The first-order valence-electron chi connectivity index (χ1n) is 9.41. The number of hydrogen-bond donors (Lipinski definition) is 1. The fourth-order valence-electron chi connectivity index (χ4n) is 3.65. The van der Waals surface area contributed by atoms with Crippen LogP contribution >= 0.6 is 0 Å². The van der Waals surface area contributed by atoms with Gasteiger partial charge in [-0.15, -0.1) is 0 Å². The summed E-state index contributed by atoms with van der Waals surface area (Å²) in [7, 11) is 0. The van der Waals surface area contributed by atoms with Crippen molar-refractivity contribution in [1.29, 1.82) is 0 Å². The molecule has 0 radical (unpaired) electrons. The summed E-state index contributed by atoms with van der Waals surface area (Å²) in [4.78, 5) is 17.2. The number of phenols is 1. The van der Waals surface area contributed by atoms with E-state index in [-0.39, 0.29) is 11.9 Å². The van der Waals surface area contributed by atoms with E-state index < -0.39 is 0 Å². The third-order valence-electron chi connectivity index (χ3n) is 5.21. The first-order chi connectivity index (χ1) is 12.6. The molecule has 1 aliphatic rings. The number of carbonyl (C=O) groups is 1. The number of phenolic OH excluding ortho intramolecular Hbond substituents is 1. The molecule has 4 heteroatoms. The van der Waals surface area contributed by atoms with Gasteiger partial charge in [-0.3, -0.25) is 9.69 Å². The van der Waals surface area contributed by atoms with E-state index in [2.05, 4.69) is 28.9 Å². The summed E-state index contributed by atoms with van der Waals surface area (Å²) < 4.78 is 0. The molecule has 1 atom stereocenters. The van der Waals surface area contributed by atoms with Crippen molar-refractivity contribution in [2.45, 2.75) is 45.8 Å². The van der Waals surface area contributed by atoms with Crippen LogP contribution in [0.5, 0.6) is 5.75 Å². The van der Waals surface area contributed by atoms with Crippen molar-refractivity contribution in [2.24, 2.45) is 0 Å². The number of nitrogens with zero attached hydrogens (tertiary/aromatic N) is 2. The number of amides is 1. The van der Waals surface area contributed by atoms with Gasteiger partial charge in [0.2, 0.25) is 5.91 Å². The van der Waals surface area contributed by atoms with Crippen molar-refractivity contribution in [3.8, 4) is 5.75 Å². The van der Waals surface area contributed by atoms with Crippen LogP contribution in [0.25, 0.3) is 0 Å². The van der Waals surface area contributed by atoms with Gasteiger partial charge in [0.05, 0.1) is 0 Å². The fraction of sp³-hybridized carbons (Fsp3) is 0.409. The van der Waals surface area contributed by atoms with Crippen molar-refractivity contribution < 1.29 is 9.90 Å². The molecule has 1 amide bonds. The zero-order valence-electron chi connectivity index (χ0n) is 15.7. The van der Waals surface area contributed by atoms with Crippen molar-refractivity contribution >= 4 is 5.91 Å². The molecule has 0 unspecified atom stereocenters. The standard InChI is InChI=1S/C22H28N2O2/c1-3-20-16-23(14-19-9-10-21(25)17(2)13-19)12-11-22(26)24(20)15-18-7-5-4-6-8-18/h4-10,13,20,25H,3,11-12,14-16H2,1-2H3/t20-/m1/s1. The molecule has 138 valence electrons. The summed E-state index contributed by atoms with van der Waals surface area (Å²) >= 11 is 0. The Morgan fingerprint density at radius 2 is 1.85 bits per heavy atom. The van der Waals surface area contributed by atoms with E-state index >= 15 is 0 Å². The Kier molecular flexibility index (Phi) is 5.94. The second kappa shape index (κ2) is 8.37. The average Bonchev–Trinajstić information content (AvgIpc) is 2.79. The maximum atomic E-state index is 12.8. The third kappa shape index (κ3) is 4.44. The van der Waals surface area contributed by atoms with E-state index in [9.17, 15) is 9.90 Å². The van der Waals surface area contributed by atoms with Gasteiger partial charge in [-0.1, -0.05) is 49.4 Å². The summed E-state index contributed by atoms with van der Waals surface area (Å²) in [6, 6.07) is 16.2. The first kappa shape index (κ1) is 18.5. The molecule has 0 spiro atoms. The quantitative estimate of drug-likeness (QED) is 0.892. The highest BCUT2D eigenvalue weighted by molar-refractivity contribution is 5.77. The minimum Gasteiger partial charge on any atom is -0.508 e. The second-order valence-electron chi connectivity index (χ2n) is 7.18. The number of rotatable bonds is 5. The third-order valence-corrected chi connectivity index (χ3v) is 5.21. The summed E-state index contributed by atoms with van der Waals surface area (Å²) in [6.07, 6.45) is 1.50. The number of carbonyl (C=O) groups excluding carboxylic acids is 1. The molecule has 1 fully saturated rings. The topological polar surface area (TPSA) is 43.8 Å². The Morgan fingerprint density at radius 3 is 2.54 bits per heavy atom. The minimum absolute atomic E-state index is 0.225. The van der Waals surface area contributed by atoms with Crippen LogP contribution < -0.4 is 0 Å². The fourth-order valence-corrected chi connectivity index (χ4v) is 3.65. The average molecular weight is 352 g/mol. The Labute approximate surface area is 156 Å². The molecule has 2 aromatic carbocycles. The lowest BCUT2D eigenvalue weighted by Gasteiger charge is -2.31. The Hall–Kier alpha value is -2.33. The molecule has 0 aromatic heterocycles. The minimum atomic E-state index is 0.225. The van der Waals surface area contributed by atoms with Crippen LogP contribution in [0.15, 0.2) is 48.5 Å². The molecule has 1 N–H and O–H groups in total. The monoisotopic (exact) mass is 352 g/mol. The summed E-state index contributed by atoms with van der Waals surface area (Å²) in [5, 5.41) is 9.72. The van der Waals surface area contributed by atoms with E-state index in [0.717, 1.165) is 31.6 Å². The molecule has 2 aromatic rings. The van der Waals surface area contributed by atoms with Crippen LogP contribution in [-0.2, 0) is 17.9 Å². The molecule has 1 heterocycles. The summed E-state index contributed by atoms with van der Waals surface area (Å²) in [6.45, 7) is 7.23. The smallest absolute Gasteiger partial charge is 0.224 e. The van der Waals surface area contributed by atoms with Crippen LogP contribution in [0.3, 0.4) is 0 Å². The summed E-state index contributed by atoms with van der Waals surface area (Å²) in [5.41, 5.74) is 3.26. The molecule has 1 saturated heterocycles. The molecule has 4 nitrogen and oxygen atoms in total. The Morgan fingerprint density at radius 1 is 1.08 bits per heavy atom. The molecular formula is C22H28N2O2. The maximum Gasteiger partial charge on any atom is 0.224 e. The zero-order chi connectivity index (χ0) is 18.5. The SMILES string of the molecule is CC[C@@H]1CN(Cc2ccc(O)c(C)c2)CCC(=O)N1Cc1ccccc1. The van der Waals surface area contributed by atoms with Crippen LogP contribution in [0.1, 0.15) is 36.5 Å². The van der Waals surface area contributed by atoms with Crippen LogP contribution in [0, 0.1) is 6.92 Å². The molecule has 26 heavy (non-hydrogen) atoms. The van der Waals surface area contributed by atoms with Gasteiger partial charge < -0.3 is 10.0 Å². The molecule has 0 bridgehead atoms. The van der Waals surface area contributed by atoms with Gasteiger partial charge in [0.25, 0.3) is 0 Å². The number of benzene rings is 2. The highest BCUT2D eigenvalue weighted by Gasteiger charge is 2.28. The van der Waals surface area contributed by atoms with Crippen molar-refractivity contribution in [1.82, 2.24) is 9.80 Å². The predicted molar refractivity (Wildman–Crippen MR) is 104 cm³/mol. The number of hydrogen-bond acceptors (Lipinski definition) is 3. The molecule has 1 aliphatic heterocycles. The normalized spacial score (nSPS) is 18.8. The van der Waals surface area contributed by atoms with E-state index in [1.807, 2.05) is 37.3 Å². The second-order valence-corrected chi connectivity index (χ2v) is 7.18. The lowest BCUT2D eigenvalue weighted by atomic mass is 10.1. The van der Waals surface area contributed by atoms with E-state index in [1.54, 1.807) is 6.07 Å². The largest absolute Gasteiger partial charge is 0.508 e. The van der Waals surface area contributed by atoms with E-state index in [1.165, 1.54) is 11.1 Å². The van der Waals surface area contributed by atoms with Crippen LogP contribution in [0.2, 0.25) is 0 Å². The van der Waals surface area contributed by atoms with Gasteiger partial charge in [-0.25, -0.2) is 0 Å². The summed E-state index contributed by atoms with van der Waals surface area (Å²) in [5.74, 6) is 0.574. The van der Waals surface area contributed by atoms with Gasteiger partial charge >= 0.3 is 0 Å². The van der Waals surface area contributed by atoms with Gasteiger partial charge in [-0.05, 0) is 36.1 Å². The van der Waals surface area contributed by atoms with Gasteiger partial charge in [0.15, 0.2) is 0 Å². The van der Waals surface area contributed by atoms with E-state index in [0.29, 0.717) is 18.7 Å². The maximum absolute atomic E-state index is 12.8. The molecular weight excluding hydrogens is 324 g/mol. The lowest BCUT2D eigenvalue weighted by Crippen LogP contribution is -2.42. The van der Waals surface area contributed by atoms with Crippen molar-refractivity contribution in [3.63, 3.8) is 0 Å². The lowest BCUT2D eigenvalue weighted by molar-refractivity contribution is -0.133. The highest BCUT2D eigenvalue weighted by Crippen LogP contribution is 2.21. The van der Waals surface area contributed by atoms with Gasteiger partial charge in [-0.2, -0.15) is 0 Å². The van der Waals surface area contributed by atoms with E-state index in [4.69, 9.17) is 0 Å². The highest BCUT2D eigenvalue weighted by atomic mass is 16.3. The molecule has 0 aliphatic carbocycles.